The predicted octanol–water partition coefficient (Wildman–Crippen LogP) is 6.01. The summed E-state index contributed by atoms with van der Waals surface area (Å²) in [5, 5.41) is 21.0. The van der Waals surface area contributed by atoms with Gasteiger partial charge in [0.2, 0.25) is 0 Å². The number of hydrogen-bond acceptors (Lipinski definition) is 6. The van der Waals surface area contributed by atoms with E-state index in [2.05, 4.69) is 4.74 Å². The Morgan fingerprint density at radius 1 is 1.00 bits per heavy atom. The van der Waals surface area contributed by atoms with Crippen LogP contribution in [-0.2, 0) is 9.59 Å². The van der Waals surface area contributed by atoms with Gasteiger partial charge in [-0.15, -0.1) is 13.2 Å². The normalized spacial score (nSPS) is 17.2. The number of alkyl halides is 3. The van der Waals surface area contributed by atoms with Gasteiger partial charge in [0.05, 0.1) is 17.7 Å². The molecule has 4 rings (SSSR count). The van der Waals surface area contributed by atoms with Crippen molar-refractivity contribution in [3.8, 4) is 17.2 Å². The van der Waals surface area contributed by atoms with Gasteiger partial charge in [-0.2, -0.15) is 0 Å². The second-order valence-electron chi connectivity index (χ2n) is 8.95. The fraction of sp³-hybridized carbons (Fsp3) is 0.214. The number of aromatic hydroxyl groups is 1. The molecule has 0 aliphatic carbocycles. The van der Waals surface area contributed by atoms with Crippen molar-refractivity contribution >= 4 is 23.1 Å². The number of hydrogen-bond donors (Lipinski definition) is 2. The SMILES string of the molecule is Cc1cc(/C(O)=C2\C(=O)C(=O)N(c3cccc(OC(F)(F)F)c3)C2c2ccc(O)cc2)ccc1OC(C)C. The number of phenols is 1. The monoisotopic (exact) mass is 527 g/mol. The van der Waals surface area contributed by atoms with Crippen LogP contribution in [0.25, 0.3) is 5.76 Å². The van der Waals surface area contributed by atoms with Gasteiger partial charge in [0.15, 0.2) is 0 Å². The molecule has 198 valence electrons. The second kappa shape index (κ2) is 10.1. The van der Waals surface area contributed by atoms with Crippen molar-refractivity contribution in [1.82, 2.24) is 0 Å². The molecular weight excluding hydrogens is 503 g/mol. The molecule has 1 saturated heterocycles. The van der Waals surface area contributed by atoms with Gasteiger partial charge in [-0.3, -0.25) is 14.5 Å². The number of aliphatic hydroxyl groups excluding tert-OH is 1. The number of halogens is 3. The summed E-state index contributed by atoms with van der Waals surface area (Å²) in [6.45, 7) is 5.49. The Morgan fingerprint density at radius 3 is 2.29 bits per heavy atom. The molecule has 3 aromatic carbocycles. The zero-order valence-electron chi connectivity index (χ0n) is 20.6. The predicted molar refractivity (Wildman–Crippen MR) is 133 cm³/mol. The molecule has 0 aromatic heterocycles. The highest BCUT2D eigenvalue weighted by Crippen LogP contribution is 2.43. The lowest BCUT2D eigenvalue weighted by Crippen LogP contribution is -2.29. The molecule has 1 amide bonds. The van der Waals surface area contributed by atoms with E-state index >= 15 is 0 Å². The second-order valence-corrected chi connectivity index (χ2v) is 8.95. The lowest BCUT2D eigenvalue weighted by atomic mass is 9.94. The Bertz CT molecular complexity index is 1410. The molecule has 3 aromatic rings. The van der Waals surface area contributed by atoms with Crippen LogP contribution in [0.4, 0.5) is 18.9 Å². The number of benzene rings is 3. The topological polar surface area (TPSA) is 96.3 Å². The minimum atomic E-state index is -4.97. The number of nitrogens with zero attached hydrogens (tertiary/aromatic N) is 1. The molecule has 1 aliphatic heterocycles. The number of rotatable bonds is 6. The summed E-state index contributed by atoms with van der Waals surface area (Å²) in [5.74, 6) is -2.63. The van der Waals surface area contributed by atoms with Crippen LogP contribution in [0.15, 0.2) is 72.3 Å². The number of ketones is 1. The first kappa shape index (κ1) is 26.6. The van der Waals surface area contributed by atoms with E-state index in [0.717, 1.165) is 17.0 Å². The molecule has 0 saturated carbocycles. The van der Waals surface area contributed by atoms with E-state index in [4.69, 9.17) is 4.74 Å². The fourth-order valence-electron chi connectivity index (χ4n) is 4.24. The number of carbonyl (C=O) groups is 2. The first-order chi connectivity index (χ1) is 17.9. The van der Waals surface area contributed by atoms with Gasteiger partial charge >= 0.3 is 6.36 Å². The van der Waals surface area contributed by atoms with Crippen molar-refractivity contribution in [2.24, 2.45) is 0 Å². The molecule has 1 fully saturated rings. The van der Waals surface area contributed by atoms with Gasteiger partial charge < -0.3 is 19.7 Å². The highest BCUT2D eigenvalue weighted by Gasteiger charge is 2.47. The van der Waals surface area contributed by atoms with Crippen LogP contribution in [0.5, 0.6) is 17.2 Å². The largest absolute Gasteiger partial charge is 0.573 e. The van der Waals surface area contributed by atoms with Crippen LogP contribution in [0.3, 0.4) is 0 Å². The van der Waals surface area contributed by atoms with Crippen molar-refractivity contribution in [3.63, 3.8) is 0 Å². The van der Waals surface area contributed by atoms with Crippen LogP contribution >= 0.6 is 0 Å². The lowest BCUT2D eigenvalue weighted by Gasteiger charge is -2.26. The van der Waals surface area contributed by atoms with Gasteiger partial charge in [0.1, 0.15) is 23.0 Å². The molecule has 38 heavy (non-hydrogen) atoms. The van der Waals surface area contributed by atoms with Gasteiger partial charge in [0.25, 0.3) is 11.7 Å². The number of aryl methyl sites for hydroxylation is 1. The van der Waals surface area contributed by atoms with Gasteiger partial charge in [0, 0.05) is 17.3 Å². The first-order valence-electron chi connectivity index (χ1n) is 11.6. The van der Waals surface area contributed by atoms with Crippen molar-refractivity contribution in [3.05, 3.63) is 89.0 Å². The van der Waals surface area contributed by atoms with Crippen molar-refractivity contribution in [2.75, 3.05) is 4.90 Å². The maximum Gasteiger partial charge on any atom is 0.573 e. The number of aliphatic hydroxyl groups is 1. The molecule has 1 atom stereocenters. The minimum absolute atomic E-state index is 0.0529. The van der Waals surface area contributed by atoms with Crippen molar-refractivity contribution < 1.29 is 42.4 Å². The Labute approximate surface area is 216 Å². The summed E-state index contributed by atoms with van der Waals surface area (Å²) in [5.41, 5.74) is 0.939. The van der Waals surface area contributed by atoms with E-state index < -0.39 is 35.6 Å². The molecule has 2 N–H and O–H groups in total. The van der Waals surface area contributed by atoms with Crippen LogP contribution in [-0.4, -0.2) is 34.4 Å². The Hall–Kier alpha value is -4.47. The Balaban J connectivity index is 1.87. The lowest BCUT2D eigenvalue weighted by molar-refractivity contribution is -0.274. The molecule has 7 nitrogen and oxygen atoms in total. The average molecular weight is 527 g/mol. The number of amides is 1. The number of phenolic OH excluding ortho intramolecular Hbond substituents is 1. The quantitative estimate of drug-likeness (QED) is 0.232. The van der Waals surface area contributed by atoms with Crippen LogP contribution < -0.4 is 14.4 Å². The van der Waals surface area contributed by atoms with E-state index in [0.29, 0.717) is 16.9 Å². The Morgan fingerprint density at radius 2 is 1.68 bits per heavy atom. The third-order valence-electron chi connectivity index (χ3n) is 5.79. The molecule has 1 unspecified atom stereocenters. The summed E-state index contributed by atoms with van der Waals surface area (Å²) in [4.78, 5) is 27.5. The van der Waals surface area contributed by atoms with Crippen LogP contribution in [0.1, 0.15) is 36.6 Å². The summed E-state index contributed by atoms with van der Waals surface area (Å²) >= 11 is 0. The van der Waals surface area contributed by atoms with Crippen LogP contribution in [0, 0.1) is 6.92 Å². The smallest absolute Gasteiger partial charge is 0.508 e. The van der Waals surface area contributed by atoms with Gasteiger partial charge in [-0.05, 0) is 74.4 Å². The van der Waals surface area contributed by atoms with Gasteiger partial charge in [-0.25, -0.2) is 0 Å². The van der Waals surface area contributed by atoms with E-state index in [9.17, 15) is 33.0 Å². The maximum absolute atomic E-state index is 13.3. The van der Waals surface area contributed by atoms with Crippen molar-refractivity contribution in [1.29, 1.82) is 0 Å². The number of anilines is 1. The van der Waals surface area contributed by atoms with Crippen LogP contribution in [0.2, 0.25) is 0 Å². The molecule has 10 heteroatoms. The average Bonchev–Trinajstić information content (AvgIpc) is 3.09. The summed E-state index contributed by atoms with van der Waals surface area (Å²) in [6.07, 6.45) is -5.06. The third kappa shape index (κ3) is 5.44. The molecule has 0 radical (unpaired) electrons. The first-order valence-corrected chi connectivity index (χ1v) is 11.6. The molecule has 1 heterocycles. The van der Waals surface area contributed by atoms with E-state index in [-0.39, 0.29) is 28.7 Å². The minimum Gasteiger partial charge on any atom is -0.508 e. The van der Waals surface area contributed by atoms with Crippen molar-refractivity contribution in [2.45, 2.75) is 39.3 Å². The standard InChI is InChI=1S/C28H24F3NO6/c1-15(2)37-22-12-9-18(13-16(22)3)25(34)23-24(17-7-10-20(33)11-8-17)32(27(36)26(23)35)19-5-4-6-21(14-19)38-28(29,30)31/h4-15,24,33-34H,1-3H3/b25-23+. The van der Waals surface area contributed by atoms with E-state index in [1.165, 1.54) is 36.4 Å². The molecular formula is C28H24F3NO6. The zero-order valence-corrected chi connectivity index (χ0v) is 20.6. The third-order valence-corrected chi connectivity index (χ3v) is 5.79. The fourth-order valence-corrected chi connectivity index (χ4v) is 4.24. The molecule has 0 bridgehead atoms. The summed E-state index contributed by atoms with van der Waals surface area (Å²) in [6, 6.07) is 13.8. The maximum atomic E-state index is 13.3. The number of Topliss-reactive ketones (excluding diaryl/α,β-unsaturated/α-hetero) is 1. The molecule has 0 spiro atoms. The highest BCUT2D eigenvalue weighted by atomic mass is 19.4. The van der Waals surface area contributed by atoms with E-state index in [1.807, 2.05) is 13.8 Å². The number of carbonyl (C=O) groups excluding carboxylic acids is 2. The summed E-state index contributed by atoms with van der Waals surface area (Å²) < 4.78 is 48.2. The highest BCUT2D eigenvalue weighted by molar-refractivity contribution is 6.51. The molecule has 1 aliphatic rings. The Kier molecular flexibility index (Phi) is 7.08. The van der Waals surface area contributed by atoms with Gasteiger partial charge in [-0.1, -0.05) is 18.2 Å². The summed E-state index contributed by atoms with van der Waals surface area (Å²) in [7, 11) is 0. The zero-order chi connectivity index (χ0) is 27.8. The number of ether oxygens (including phenoxy) is 2. The van der Waals surface area contributed by atoms with E-state index in [1.54, 1.807) is 25.1 Å².